The average molecular weight is 293 g/mol. The summed E-state index contributed by atoms with van der Waals surface area (Å²) in [5.41, 5.74) is -1.67. The molecule has 0 aromatic carbocycles. The zero-order valence-electron chi connectivity index (χ0n) is 13.7. The van der Waals surface area contributed by atoms with E-state index in [0.29, 0.717) is 11.9 Å². The summed E-state index contributed by atoms with van der Waals surface area (Å²) in [6.07, 6.45) is 2.70. The van der Waals surface area contributed by atoms with E-state index in [2.05, 4.69) is 5.32 Å². The summed E-state index contributed by atoms with van der Waals surface area (Å²) < 4.78 is 11.8. The summed E-state index contributed by atoms with van der Waals surface area (Å²) in [7, 11) is -0.737. The van der Waals surface area contributed by atoms with Crippen LogP contribution in [0.5, 0.6) is 0 Å². The molecule has 116 valence electrons. The second-order valence-corrected chi connectivity index (χ2v) is 7.07. The highest BCUT2D eigenvalue weighted by atomic mass is 16.7. The smallest absolute Gasteiger partial charge is 0.399 e. The lowest BCUT2D eigenvalue weighted by atomic mass is 9.65. The molecule has 0 bridgehead atoms. The van der Waals surface area contributed by atoms with Crippen molar-refractivity contribution in [1.82, 2.24) is 5.32 Å². The summed E-state index contributed by atoms with van der Waals surface area (Å²) in [5.74, 6) is -0.457. The molecule has 1 saturated heterocycles. The molecule has 5 nitrogen and oxygen atoms in total. The topological polar surface area (TPSA) is 64.6 Å². The molecule has 0 radical (unpaired) electrons. The third-order valence-electron chi connectivity index (χ3n) is 4.88. The Bertz CT molecular complexity index is 496. The van der Waals surface area contributed by atoms with E-state index >= 15 is 0 Å². The van der Waals surface area contributed by atoms with Gasteiger partial charge in [0, 0.05) is 11.7 Å². The van der Waals surface area contributed by atoms with Crippen LogP contribution in [0.15, 0.2) is 11.7 Å². The number of hydrogen-bond acceptors (Lipinski definition) is 4. The number of allylic oxidation sites excluding steroid dienone is 1. The van der Waals surface area contributed by atoms with Gasteiger partial charge in [0.1, 0.15) is 5.41 Å². The molecule has 0 aromatic heterocycles. The van der Waals surface area contributed by atoms with Gasteiger partial charge in [0.15, 0.2) is 5.78 Å². The molecule has 6 heteroatoms. The van der Waals surface area contributed by atoms with Crippen LogP contribution < -0.4 is 5.32 Å². The summed E-state index contributed by atoms with van der Waals surface area (Å²) in [4.78, 5) is 24.8. The van der Waals surface area contributed by atoms with Crippen molar-refractivity contribution in [3.8, 4) is 0 Å². The van der Waals surface area contributed by atoms with Gasteiger partial charge in [-0.1, -0.05) is 13.3 Å². The Labute approximate surface area is 126 Å². The number of carbonyl (C=O) groups excluding carboxylic acids is 2. The van der Waals surface area contributed by atoms with Crippen LogP contribution in [0.4, 0.5) is 0 Å². The SMILES string of the molecule is CCCC1(C)C(=O)NC=C(B2OC(C)(C)C(C)(C)O2)C1=O. The molecule has 21 heavy (non-hydrogen) atoms. The van der Waals surface area contributed by atoms with Gasteiger partial charge in [-0.2, -0.15) is 0 Å². The number of ketones is 1. The number of hydrogen-bond donors (Lipinski definition) is 1. The number of carbonyl (C=O) groups is 2. The van der Waals surface area contributed by atoms with Crippen LogP contribution in [-0.4, -0.2) is 30.0 Å². The first kappa shape index (κ1) is 16.2. The van der Waals surface area contributed by atoms with Gasteiger partial charge in [-0.05, 0) is 41.0 Å². The van der Waals surface area contributed by atoms with Gasteiger partial charge in [-0.25, -0.2) is 0 Å². The number of rotatable bonds is 3. The molecule has 0 aliphatic carbocycles. The molecule has 2 aliphatic rings. The second-order valence-electron chi connectivity index (χ2n) is 7.07. The van der Waals surface area contributed by atoms with E-state index in [4.69, 9.17) is 9.31 Å². The van der Waals surface area contributed by atoms with Crippen molar-refractivity contribution in [3.63, 3.8) is 0 Å². The van der Waals surface area contributed by atoms with Crippen molar-refractivity contribution < 1.29 is 18.9 Å². The average Bonchev–Trinajstić information content (AvgIpc) is 2.56. The number of amides is 1. The molecular weight excluding hydrogens is 269 g/mol. The van der Waals surface area contributed by atoms with Crippen molar-refractivity contribution in [1.29, 1.82) is 0 Å². The van der Waals surface area contributed by atoms with Crippen molar-refractivity contribution in [2.75, 3.05) is 0 Å². The fourth-order valence-electron chi connectivity index (χ4n) is 2.66. The maximum atomic E-state index is 12.8. The molecule has 1 amide bonds. The predicted molar refractivity (Wildman–Crippen MR) is 80.3 cm³/mol. The molecule has 1 unspecified atom stereocenters. The zero-order chi connectivity index (χ0) is 16.1. The highest BCUT2D eigenvalue weighted by Crippen LogP contribution is 2.41. The Morgan fingerprint density at radius 2 is 1.62 bits per heavy atom. The van der Waals surface area contributed by atoms with Crippen LogP contribution in [0, 0.1) is 5.41 Å². The molecule has 0 aromatic rings. The molecule has 1 N–H and O–H groups in total. The highest BCUT2D eigenvalue weighted by Gasteiger charge is 2.56. The van der Waals surface area contributed by atoms with E-state index in [0.717, 1.165) is 6.42 Å². The summed E-state index contributed by atoms with van der Waals surface area (Å²) >= 11 is 0. The lowest BCUT2D eigenvalue weighted by Gasteiger charge is -2.32. The largest absolute Gasteiger partial charge is 0.500 e. The Balaban J connectivity index is 2.30. The first-order valence-electron chi connectivity index (χ1n) is 7.46. The predicted octanol–water partition coefficient (Wildman–Crippen LogP) is 2.01. The lowest BCUT2D eigenvalue weighted by Crippen LogP contribution is -2.50. The summed E-state index contributed by atoms with van der Waals surface area (Å²) in [6, 6.07) is 0. The lowest BCUT2D eigenvalue weighted by molar-refractivity contribution is -0.139. The maximum Gasteiger partial charge on any atom is 0.500 e. The van der Waals surface area contributed by atoms with Crippen molar-refractivity contribution >= 4 is 18.8 Å². The quantitative estimate of drug-likeness (QED) is 0.638. The minimum atomic E-state index is -1.04. The zero-order valence-corrected chi connectivity index (χ0v) is 13.7. The van der Waals surface area contributed by atoms with E-state index < -0.39 is 23.7 Å². The fraction of sp³-hybridized carbons (Fsp3) is 0.733. The fourth-order valence-corrected chi connectivity index (χ4v) is 2.66. The minimum absolute atomic E-state index is 0.202. The van der Waals surface area contributed by atoms with Crippen LogP contribution in [0.2, 0.25) is 0 Å². The second kappa shape index (κ2) is 4.95. The molecule has 2 aliphatic heterocycles. The van der Waals surface area contributed by atoms with Crippen LogP contribution in [0.25, 0.3) is 0 Å². The molecule has 2 rings (SSSR count). The molecule has 1 atom stereocenters. The summed E-state index contributed by atoms with van der Waals surface area (Å²) in [5, 5.41) is 2.69. The van der Waals surface area contributed by atoms with E-state index in [1.807, 2.05) is 34.6 Å². The van der Waals surface area contributed by atoms with Crippen molar-refractivity contribution in [2.24, 2.45) is 5.41 Å². The van der Waals surface area contributed by atoms with Gasteiger partial charge in [-0.15, -0.1) is 0 Å². The van der Waals surface area contributed by atoms with Crippen LogP contribution in [0.1, 0.15) is 54.4 Å². The van der Waals surface area contributed by atoms with Gasteiger partial charge in [0.05, 0.1) is 11.2 Å². The van der Waals surface area contributed by atoms with Gasteiger partial charge >= 0.3 is 7.12 Å². The van der Waals surface area contributed by atoms with E-state index in [-0.39, 0.29) is 11.7 Å². The number of nitrogens with one attached hydrogen (secondary N) is 1. The monoisotopic (exact) mass is 293 g/mol. The Kier molecular flexibility index (Phi) is 3.83. The van der Waals surface area contributed by atoms with Crippen molar-refractivity contribution in [2.45, 2.75) is 65.6 Å². The van der Waals surface area contributed by atoms with Gasteiger partial charge in [-0.3, -0.25) is 9.59 Å². The standard InChI is InChI=1S/C15H24BNO4/c1-7-8-15(6)11(18)10(9-17-12(15)19)16-20-13(2,3)14(4,5)21-16/h9H,7-8H2,1-6H3,(H,17,19). The normalized spacial score (nSPS) is 31.1. The van der Waals surface area contributed by atoms with Crippen molar-refractivity contribution in [3.05, 3.63) is 11.7 Å². The van der Waals surface area contributed by atoms with E-state index in [1.165, 1.54) is 6.20 Å². The van der Waals surface area contributed by atoms with Gasteiger partial charge in [0.2, 0.25) is 5.91 Å². The third-order valence-corrected chi connectivity index (χ3v) is 4.88. The molecule has 0 spiro atoms. The van der Waals surface area contributed by atoms with E-state index in [1.54, 1.807) is 6.92 Å². The van der Waals surface area contributed by atoms with Gasteiger partial charge < -0.3 is 14.6 Å². The number of Topliss-reactive ketones (excluding diaryl/α,β-unsaturated/α-hetero) is 1. The summed E-state index contributed by atoms with van der Waals surface area (Å²) in [6.45, 7) is 11.4. The highest BCUT2D eigenvalue weighted by molar-refractivity contribution is 6.63. The van der Waals surface area contributed by atoms with Crippen LogP contribution >= 0.6 is 0 Å². The Morgan fingerprint density at radius 1 is 1.10 bits per heavy atom. The Morgan fingerprint density at radius 3 is 2.10 bits per heavy atom. The third kappa shape index (κ3) is 2.44. The maximum absolute atomic E-state index is 12.8. The van der Waals surface area contributed by atoms with Crippen LogP contribution in [0.3, 0.4) is 0 Å². The van der Waals surface area contributed by atoms with E-state index in [9.17, 15) is 9.59 Å². The molecular formula is C15H24BNO4. The minimum Gasteiger partial charge on any atom is -0.399 e. The molecule has 0 saturated carbocycles. The Hall–Kier alpha value is -1.14. The first-order valence-corrected chi connectivity index (χ1v) is 7.46. The molecule has 2 heterocycles. The molecule has 1 fully saturated rings. The van der Waals surface area contributed by atoms with Gasteiger partial charge in [0.25, 0.3) is 0 Å². The van der Waals surface area contributed by atoms with Crippen LogP contribution in [-0.2, 0) is 18.9 Å². The first-order chi connectivity index (χ1) is 9.55.